The molecule has 32 heavy (non-hydrogen) atoms. The number of alkyl halides is 3. The van der Waals surface area contributed by atoms with Crippen LogP contribution in [0.25, 0.3) is 5.65 Å². The summed E-state index contributed by atoms with van der Waals surface area (Å²) < 4.78 is 50.5. The van der Waals surface area contributed by atoms with Crippen molar-refractivity contribution in [3.05, 3.63) is 47.8 Å². The van der Waals surface area contributed by atoms with Gasteiger partial charge >= 0.3 is 12.1 Å². The molecule has 1 fully saturated rings. The van der Waals surface area contributed by atoms with E-state index in [2.05, 4.69) is 15.3 Å². The molecule has 3 aromatic rings. The maximum absolute atomic E-state index is 13.1. The van der Waals surface area contributed by atoms with Crippen LogP contribution in [0.5, 0.6) is 5.75 Å². The Balaban J connectivity index is 1.30. The summed E-state index contributed by atoms with van der Waals surface area (Å²) in [6, 6.07) is 10.6. The Morgan fingerprint density at radius 3 is 2.47 bits per heavy atom. The van der Waals surface area contributed by atoms with Gasteiger partial charge in [0.1, 0.15) is 11.6 Å². The molecular weight excluding hydrogens is 427 g/mol. The minimum atomic E-state index is -4.65. The summed E-state index contributed by atoms with van der Waals surface area (Å²) in [5.74, 6) is -0.505. The van der Waals surface area contributed by atoms with Crippen LogP contribution in [0, 0.1) is 5.92 Å². The Labute approximate surface area is 181 Å². The largest absolute Gasteiger partial charge is 0.497 e. The second kappa shape index (κ2) is 9.01. The molecule has 0 unspecified atom stereocenters. The average molecular weight is 449 g/mol. The minimum Gasteiger partial charge on any atom is -0.497 e. The van der Waals surface area contributed by atoms with E-state index in [4.69, 9.17) is 9.47 Å². The van der Waals surface area contributed by atoms with Gasteiger partial charge in [-0.2, -0.15) is 17.7 Å². The maximum Gasteiger partial charge on any atom is 0.453 e. The van der Waals surface area contributed by atoms with Gasteiger partial charge in [0.05, 0.1) is 19.6 Å². The number of anilines is 1. The molecular formula is C21H22F3N5O3. The van der Waals surface area contributed by atoms with Gasteiger partial charge in [-0.05, 0) is 42.7 Å². The molecule has 1 saturated heterocycles. The summed E-state index contributed by atoms with van der Waals surface area (Å²) in [4.78, 5) is 14.3. The lowest BCUT2D eigenvalue weighted by molar-refractivity contribution is -0.149. The number of hydrogen-bond acceptors (Lipinski definition) is 7. The highest BCUT2D eigenvalue weighted by molar-refractivity contribution is 5.72. The van der Waals surface area contributed by atoms with Crippen molar-refractivity contribution in [2.24, 2.45) is 5.92 Å². The van der Waals surface area contributed by atoms with Crippen LogP contribution in [0.4, 0.5) is 19.0 Å². The van der Waals surface area contributed by atoms with E-state index in [1.54, 1.807) is 13.2 Å². The van der Waals surface area contributed by atoms with Gasteiger partial charge < -0.3 is 14.4 Å². The van der Waals surface area contributed by atoms with Gasteiger partial charge in [0.15, 0.2) is 5.65 Å². The summed E-state index contributed by atoms with van der Waals surface area (Å²) >= 11 is 0. The Morgan fingerprint density at radius 1 is 1.09 bits per heavy atom. The number of ether oxygens (including phenoxy) is 2. The molecule has 11 heteroatoms. The van der Waals surface area contributed by atoms with E-state index >= 15 is 0 Å². The van der Waals surface area contributed by atoms with E-state index in [1.165, 1.54) is 6.07 Å². The van der Waals surface area contributed by atoms with Crippen LogP contribution < -0.4 is 9.64 Å². The van der Waals surface area contributed by atoms with Crippen molar-refractivity contribution in [2.75, 3.05) is 31.7 Å². The molecule has 1 aliphatic rings. The number of nitrogens with zero attached hydrogens (tertiary/aromatic N) is 5. The number of hydrogen-bond donors (Lipinski definition) is 0. The van der Waals surface area contributed by atoms with Gasteiger partial charge in [0.25, 0.3) is 5.82 Å². The fraction of sp³-hybridized carbons (Fsp3) is 0.429. The molecule has 0 aliphatic carbocycles. The zero-order valence-electron chi connectivity index (χ0n) is 17.4. The van der Waals surface area contributed by atoms with Gasteiger partial charge in [0.2, 0.25) is 0 Å². The van der Waals surface area contributed by atoms with Gasteiger partial charge in [-0.15, -0.1) is 15.3 Å². The van der Waals surface area contributed by atoms with Crippen LogP contribution in [0.15, 0.2) is 36.4 Å². The summed E-state index contributed by atoms with van der Waals surface area (Å²) in [7, 11) is 1.60. The number of piperidine rings is 1. The van der Waals surface area contributed by atoms with Gasteiger partial charge in [-0.3, -0.25) is 4.79 Å². The molecule has 0 N–H and O–H groups in total. The number of aromatic nitrogens is 4. The topological polar surface area (TPSA) is 81.9 Å². The number of halogens is 3. The summed E-state index contributed by atoms with van der Waals surface area (Å²) in [5, 5.41) is 10.8. The average Bonchev–Trinajstić information content (AvgIpc) is 3.23. The molecule has 0 radical (unpaired) electrons. The zero-order valence-corrected chi connectivity index (χ0v) is 17.4. The van der Waals surface area contributed by atoms with Crippen LogP contribution in [-0.2, 0) is 22.1 Å². The number of fused-ring (bicyclic) bond motifs is 1. The number of rotatable bonds is 6. The van der Waals surface area contributed by atoms with Crippen LogP contribution in [0.3, 0.4) is 0 Å². The number of benzene rings is 1. The lowest BCUT2D eigenvalue weighted by atomic mass is 9.97. The highest BCUT2D eigenvalue weighted by Gasteiger charge is 2.38. The Morgan fingerprint density at radius 2 is 1.81 bits per heavy atom. The van der Waals surface area contributed by atoms with Gasteiger partial charge in [-0.25, -0.2) is 0 Å². The quantitative estimate of drug-likeness (QED) is 0.535. The van der Waals surface area contributed by atoms with E-state index in [0.29, 0.717) is 42.7 Å². The molecule has 3 heterocycles. The first-order valence-corrected chi connectivity index (χ1v) is 10.2. The van der Waals surface area contributed by atoms with E-state index < -0.39 is 12.0 Å². The lowest BCUT2D eigenvalue weighted by Gasteiger charge is -2.31. The normalized spacial score (nSPS) is 15.2. The Kier molecular flexibility index (Phi) is 6.15. The molecule has 0 spiro atoms. The lowest BCUT2D eigenvalue weighted by Crippen LogP contribution is -2.37. The molecule has 2 aromatic heterocycles. The highest BCUT2D eigenvalue weighted by Crippen LogP contribution is 2.29. The van der Waals surface area contributed by atoms with E-state index in [-0.39, 0.29) is 24.1 Å². The van der Waals surface area contributed by atoms with E-state index in [1.807, 2.05) is 29.2 Å². The van der Waals surface area contributed by atoms with E-state index in [9.17, 15) is 18.0 Å². The smallest absolute Gasteiger partial charge is 0.453 e. The fourth-order valence-corrected chi connectivity index (χ4v) is 3.65. The summed E-state index contributed by atoms with van der Waals surface area (Å²) in [6.45, 7) is 1.26. The standard InChI is InChI=1S/C21H22F3N5O3/c1-31-16-4-2-14(3-5-16)10-13-32-19(30)15-8-11-28(12-9-15)18-7-6-17-25-26-20(21(22,23)24)29(17)27-18/h2-7,15H,8-13H2,1H3. The predicted molar refractivity (Wildman–Crippen MR) is 108 cm³/mol. The molecule has 0 saturated carbocycles. The van der Waals surface area contributed by atoms with Crippen molar-refractivity contribution < 1.29 is 27.4 Å². The molecule has 0 bridgehead atoms. The third kappa shape index (κ3) is 4.76. The van der Waals surface area contributed by atoms with Crippen LogP contribution in [0.1, 0.15) is 24.2 Å². The summed E-state index contributed by atoms with van der Waals surface area (Å²) in [5.41, 5.74) is 1.07. The third-order valence-electron chi connectivity index (χ3n) is 5.45. The number of esters is 1. The molecule has 8 nitrogen and oxygen atoms in total. The SMILES string of the molecule is COc1ccc(CCOC(=O)C2CCN(c3ccc4nnc(C(F)(F)F)n4n3)CC2)cc1. The second-order valence-electron chi connectivity index (χ2n) is 7.51. The van der Waals surface area contributed by atoms with Crippen molar-refractivity contribution in [1.29, 1.82) is 0 Å². The third-order valence-corrected chi connectivity index (χ3v) is 5.45. The summed E-state index contributed by atoms with van der Waals surface area (Å²) in [6.07, 6.45) is -2.96. The van der Waals surface area contributed by atoms with Crippen molar-refractivity contribution in [2.45, 2.75) is 25.4 Å². The monoisotopic (exact) mass is 449 g/mol. The fourth-order valence-electron chi connectivity index (χ4n) is 3.65. The van der Waals surface area contributed by atoms with Crippen molar-refractivity contribution >= 4 is 17.4 Å². The molecule has 1 aromatic carbocycles. The Bertz CT molecular complexity index is 1080. The molecule has 1 aliphatic heterocycles. The molecule has 0 amide bonds. The van der Waals surface area contributed by atoms with Crippen molar-refractivity contribution in [3.63, 3.8) is 0 Å². The second-order valence-corrected chi connectivity index (χ2v) is 7.51. The molecule has 4 rings (SSSR count). The van der Waals surface area contributed by atoms with Gasteiger partial charge in [0, 0.05) is 19.5 Å². The minimum absolute atomic E-state index is 0.0244. The van der Waals surface area contributed by atoms with Crippen molar-refractivity contribution in [1.82, 2.24) is 19.8 Å². The zero-order chi connectivity index (χ0) is 22.7. The van der Waals surface area contributed by atoms with Crippen LogP contribution in [-0.4, -0.2) is 52.6 Å². The first-order chi connectivity index (χ1) is 15.3. The van der Waals surface area contributed by atoms with Crippen molar-refractivity contribution in [3.8, 4) is 5.75 Å². The molecule has 0 atom stereocenters. The highest BCUT2D eigenvalue weighted by atomic mass is 19.4. The first-order valence-electron chi connectivity index (χ1n) is 10.2. The number of carbonyl (C=O) groups excluding carboxylic acids is 1. The van der Waals surface area contributed by atoms with Crippen LogP contribution in [0.2, 0.25) is 0 Å². The Hall–Kier alpha value is -3.37. The first kappa shape index (κ1) is 21.8. The van der Waals surface area contributed by atoms with Crippen LogP contribution >= 0.6 is 0 Å². The number of carbonyl (C=O) groups is 1. The number of methoxy groups -OCH3 is 1. The van der Waals surface area contributed by atoms with Gasteiger partial charge in [-0.1, -0.05) is 12.1 Å². The predicted octanol–water partition coefficient (Wildman–Crippen LogP) is 3.15. The maximum atomic E-state index is 13.1. The molecule has 170 valence electrons. The van der Waals surface area contributed by atoms with E-state index in [0.717, 1.165) is 11.3 Å².